The molecule has 2 aliphatic rings. The van der Waals surface area contributed by atoms with E-state index in [1.165, 1.54) is 18.2 Å². The fourth-order valence-corrected chi connectivity index (χ4v) is 6.52. The first kappa shape index (κ1) is 28.6. The molecule has 0 spiro atoms. The molecular weight excluding hydrogens is 557 g/mol. The van der Waals surface area contributed by atoms with Crippen molar-refractivity contribution in [3.8, 4) is 0 Å². The molecule has 1 saturated heterocycles. The van der Waals surface area contributed by atoms with Gasteiger partial charge in [-0.1, -0.05) is 12.1 Å². The quantitative estimate of drug-likeness (QED) is 0.429. The number of aromatic nitrogens is 1. The summed E-state index contributed by atoms with van der Waals surface area (Å²) in [5, 5.41) is 2.73. The molecule has 216 valence electrons. The van der Waals surface area contributed by atoms with Gasteiger partial charge in [-0.15, -0.1) is 0 Å². The number of likely N-dealkylation sites (N-methyl/N-ethyl adjacent to an activating group) is 1. The maximum absolute atomic E-state index is 13.3. The number of carbonyl (C=O) groups is 2. The summed E-state index contributed by atoms with van der Waals surface area (Å²) in [5.74, 6) is -1.00. The molecule has 8 nitrogen and oxygen atoms in total. The lowest BCUT2D eigenvalue weighted by Gasteiger charge is -2.32. The third kappa shape index (κ3) is 5.66. The number of hydrogen-bond acceptors (Lipinski definition) is 5. The van der Waals surface area contributed by atoms with Crippen molar-refractivity contribution in [2.75, 3.05) is 38.5 Å². The first-order valence-electron chi connectivity index (χ1n) is 13.0. The van der Waals surface area contributed by atoms with Crippen LogP contribution in [-0.2, 0) is 26.6 Å². The fraction of sp³-hybridized carbons (Fsp3) is 0.310. The molecule has 3 heterocycles. The van der Waals surface area contributed by atoms with Gasteiger partial charge in [-0.05, 0) is 68.4 Å². The maximum Gasteiger partial charge on any atom is 0.416 e. The molecule has 2 aromatic carbocycles. The minimum absolute atomic E-state index is 0.0659. The second kappa shape index (κ2) is 10.5. The van der Waals surface area contributed by atoms with Gasteiger partial charge in [0.1, 0.15) is 0 Å². The lowest BCUT2D eigenvalue weighted by Crippen LogP contribution is -2.47. The molecule has 2 aliphatic heterocycles. The van der Waals surface area contributed by atoms with Gasteiger partial charge >= 0.3 is 6.18 Å². The van der Waals surface area contributed by atoms with Gasteiger partial charge in [0.2, 0.25) is 0 Å². The van der Waals surface area contributed by atoms with E-state index in [9.17, 15) is 31.2 Å². The second-order valence-electron chi connectivity index (χ2n) is 10.4. The number of anilines is 1. The van der Waals surface area contributed by atoms with Crippen LogP contribution < -0.4 is 5.32 Å². The molecule has 0 aliphatic carbocycles. The number of aryl methyl sites for hydroxylation is 1. The van der Waals surface area contributed by atoms with Crippen molar-refractivity contribution >= 4 is 39.0 Å². The van der Waals surface area contributed by atoms with Crippen LogP contribution in [0.4, 0.5) is 18.9 Å². The largest absolute Gasteiger partial charge is 0.416 e. The number of aromatic amines is 1. The first-order valence-corrected chi connectivity index (χ1v) is 14.6. The Morgan fingerprint density at radius 3 is 2.32 bits per heavy atom. The molecule has 5 rings (SSSR count). The summed E-state index contributed by atoms with van der Waals surface area (Å²) in [6.45, 7) is 6.41. The number of H-pyrrole nitrogens is 1. The Hall–Kier alpha value is -3.90. The van der Waals surface area contributed by atoms with E-state index in [0.29, 0.717) is 46.9 Å². The van der Waals surface area contributed by atoms with Crippen LogP contribution in [0.2, 0.25) is 0 Å². The SMILES string of the molecule is Cc1[nH]c(/C=C2\C(=O)Nc3ccc(S(=O)(=O)Cc4ccc(C(F)(F)F)cc4)cc32)c(C)c1C(=O)N1CCN(C)CC1. The molecule has 2 amide bonds. The summed E-state index contributed by atoms with van der Waals surface area (Å²) < 4.78 is 65.0. The van der Waals surface area contributed by atoms with Gasteiger partial charge in [-0.3, -0.25) is 9.59 Å². The van der Waals surface area contributed by atoms with E-state index in [1.807, 2.05) is 11.9 Å². The van der Waals surface area contributed by atoms with Gasteiger partial charge in [0.15, 0.2) is 9.84 Å². The van der Waals surface area contributed by atoms with E-state index in [4.69, 9.17) is 0 Å². The highest BCUT2D eigenvalue weighted by Crippen LogP contribution is 2.36. The highest BCUT2D eigenvalue weighted by Gasteiger charge is 2.31. The van der Waals surface area contributed by atoms with Crippen molar-refractivity contribution < 1.29 is 31.2 Å². The molecular formula is C29H29F3N4O4S. The lowest BCUT2D eigenvalue weighted by molar-refractivity contribution is -0.137. The van der Waals surface area contributed by atoms with Gasteiger partial charge < -0.3 is 20.1 Å². The summed E-state index contributed by atoms with van der Waals surface area (Å²) in [7, 11) is -1.94. The molecule has 12 heteroatoms. The number of piperazine rings is 1. The van der Waals surface area contributed by atoms with Crippen molar-refractivity contribution in [3.05, 3.63) is 81.7 Å². The Kier molecular flexibility index (Phi) is 7.33. The lowest BCUT2D eigenvalue weighted by atomic mass is 10.0. The number of hydrogen-bond donors (Lipinski definition) is 2. The minimum atomic E-state index is -4.52. The maximum atomic E-state index is 13.3. The van der Waals surface area contributed by atoms with Crippen molar-refractivity contribution in [1.29, 1.82) is 0 Å². The molecule has 0 saturated carbocycles. The number of fused-ring (bicyclic) bond motifs is 1. The van der Waals surface area contributed by atoms with Crippen LogP contribution in [0.15, 0.2) is 47.4 Å². The number of nitrogens with one attached hydrogen (secondary N) is 2. The van der Waals surface area contributed by atoms with Crippen molar-refractivity contribution in [2.45, 2.75) is 30.7 Å². The summed E-state index contributed by atoms with van der Waals surface area (Å²) in [6.07, 6.45) is -2.91. The summed E-state index contributed by atoms with van der Waals surface area (Å²) in [6, 6.07) is 8.21. The molecule has 0 unspecified atom stereocenters. The van der Waals surface area contributed by atoms with Crippen LogP contribution in [0.5, 0.6) is 0 Å². The molecule has 0 bridgehead atoms. The van der Waals surface area contributed by atoms with E-state index < -0.39 is 33.2 Å². The van der Waals surface area contributed by atoms with Crippen LogP contribution in [0.1, 0.15) is 44.0 Å². The van der Waals surface area contributed by atoms with Crippen LogP contribution in [0.3, 0.4) is 0 Å². The number of nitrogens with zero attached hydrogens (tertiary/aromatic N) is 2. The second-order valence-corrected chi connectivity index (χ2v) is 12.4. The highest BCUT2D eigenvalue weighted by atomic mass is 32.2. The zero-order chi connectivity index (χ0) is 29.7. The third-order valence-electron chi connectivity index (χ3n) is 7.54. The minimum Gasteiger partial charge on any atom is -0.358 e. The molecule has 1 fully saturated rings. The monoisotopic (exact) mass is 586 g/mol. The van der Waals surface area contributed by atoms with Crippen molar-refractivity contribution in [1.82, 2.24) is 14.8 Å². The number of rotatable bonds is 5. The van der Waals surface area contributed by atoms with E-state index in [0.717, 1.165) is 37.4 Å². The molecule has 2 N–H and O–H groups in total. The number of halogens is 3. The van der Waals surface area contributed by atoms with E-state index in [1.54, 1.807) is 19.9 Å². The summed E-state index contributed by atoms with van der Waals surface area (Å²) in [5.41, 5.74) is 2.86. The first-order chi connectivity index (χ1) is 19.2. The van der Waals surface area contributed by atoms with Crippen molar-refractivity contribution in [3.63, 3.8) is 0 Å². The predicted molar refractivity (Wildman–Crippen MR) is 149 cm³/mol. The molecule has 1 aromatic heterocycles. The number of carbonyl (C=O) groups excluding carboxylic acids is 2. The van der Waals surface area contributed by atoms with E-state index >= 15 is 0 Å². The Morgan fingerprint density at radius 1 is 1.02 bits per heavy atom. The Balaban J connectivity index is 1.43. The topological polar surface area (TPSA) is 103 Å². The summed E-state index contributed by atoms with van der Waals surface area (Å²) in [4.78, 5) is 33.3. The predicted octanol–water partition coefficient (Wildman–Crippen LogP) is 4.50. The average Bonchev–Trinajstić information content (AvgIpc) is 3.37. The smallest absolute Gasteiger partial charge is 0.358 e. The Morgan fingerprint density at radius 2 is 1.68 bits per heavy atom. The molecule has 41 heavy (non-hydrogen) atoms. The highest BCUT2D eigenvalue weighted by molar-refractivity contribution is 7.90. The van der Waals surface area contributed by atoms with Gasteiger partial charge in [-0.2, -0.15) is 13.2 Å². The number of amides is 2. The van der Waals surface area contributed by atoms with Crippen LogP contribution in [-0.4, -0.2) is 68.2 Å². The van der Waals surface area contributed by atoms with Crippen LogP contribution >= 0.6 is 0 Å². The molecule has 3 aromatic rings. The number of benzene rings is 2. The van der Waals surface area contributed by atoms with E-state index in [-0.39, 0.29) is 21.9 Å². The normalized spacial score (nSPS) is 17.2. The Bertz CT molecular complexity index is 1670. The average molecular weight is 587 g/mol. The van der Waals surface area contributed by atoms with Crippen molar-refractivity contribution in [2.24, 2.45) is 0 Å². The van der Waals surface area contributed by atoms with Gasteiger partial charge in [0, 0.05) is 48.8 Å². The number of alkyl halides is 3. The zero-order valence-electron chi connectivity index (χ0n) is 22.7. The zero-order valence-corrected chi connectivity index (χ0v) is 23.5. The van der Waals surface area contributed by atoms with Gasteiger partial charge in [-0.25, -0.2) is 8.42 Å². The van der Waals surface area contributed by atoms with Gasteiger partial charge in [0.25, 0.3) is 11.8 Å². The van der Waals surface area contributed by atoms with Crippen LogP contribution in [0, 0.1) is 13.8 Å². The fourth-order valence-electron chi connectivity index (χ4n) is 5.15. The Labute approximate surface area is 235 Å². The molecule has 0 radical (unpaired) electrons. The van der Waals surface area contributed by atoms with Crippen LogP contribution in [0.25, 0.3) is 11.6 Å². The summed E-state index contributed by atoms with van der Waals surface area (Å²) >= 11 is 0. The number of sulfone groups is 1. The third-order valence-corrected chi connectivity index (χ3v) is 9.23. The van der Waals surface area contributed by atoms with E-state index in [2.05, 4.69) is 15.2 Å². The standard InChI is InChI=1S/C29H29F3N4O4S/c1-17-25(33-18(2)26(17)28(38)36-12-10-35(3)11-13-36)15-23-22-14-21(8-9-24(22)34-27(23)37)41(39,40)16-19-4-6-20(7-5-19)29(30,31)32/h4-9,14-15,33H,10-13,16H2,1-3H3,(H,34,37)/b23-15-. The molecule has 0 atom stereocenters. The van der Waals surface area contributed by atoms with Gasteiger partial charge in [0.05, 0.1) is 27.3 Å².